The molecule has 2 aromatic carbocycles. The largest absolute Gasteiger partial charge is 0.508 e. The predicted octanol–water partition coefficient (Wildman–Crippen LogP) is 7.79. The summed E-state index contributed by atoms with van der Waals surface area (Å²) in [4.78, 5) is 11.8. The lowest BCUT2D eigenvalue weighted by Gasteiger charge is -2.50. The zero-order chi connectivity index (χ0) is 27.3. The van der Waals surface area contributed by atoms with Crippen LogP contribution >= 0.6 is 0 Å². The molecule has 0 aromatic heterocycles. The van der Waals surface area contributed by atoms with Crippen LogP contribution in [0, 0.1) is 17.3 Å². The summed E-state index contributed by atoms with van der Waals surface area (Å²) in [6.07, 6.45) is 13.1. The van der Waals surface area contributed by atoms with Gasteiger partial charge in [-0.1, -0.05) is 52.2 Å². The van der Waals surface area contributed by atoms with Gasteiger partial charge in [0.25, 0.3) is 0 Å². The molecule has 5 nitrogen and oxygen atoms in total. The van der Waals surface area contributed by atoms with E-state index in [-0.39, 0.29) is 29.0 Å². The van der Waals surface area contributed by atoms with Crippen LogP contribution in [0.2, 0.25) is 0 Å². The molecule has 2 fully saturated rings. The molecule has 208 valence electrons. The van der Waals surface area contributed by atoms with Gasteiger partial charge in [-0.2, -0.15) is 0 Å². The summed E-state index contributed by atoms with van der Waals surface area (Å²) in [5.41, 5.74) is 3.88. The number of fused-ring (bicyclic) bond motifs is 5. The van der Waals surface area contributed by atoms with Gasteiger partial charge in [-0.15, -0.1) is 0 Å². The number of phenolic OH excluding ortho intramolecular Hbond substituents is 3. The fraction of sp³-hybridized carbons (Fsp3) is 0.606. The van der Waals surface area contributed by atoms with E-state index in [0.717, 1.165) is 37.7 Å². The second kappa shape index (κ2) is 12.4. The Morgan fingerprint density at radius 3 is 2.45 bits per heavy atom. The van der Waals surface area contributed by atoms with Crippen molar-refractivity contribution in [3.8, 4) is 17.2 Å². The zero-order valence-electron chi connectivity index (χ0n) is 23.4. The number of aromatic hydroxyl groups is 3. The molecule has 0 amide bonds. The number of ether oxygens (including phenoxy) is 1. The average Bonchev–Trinajstić information content (AvgIpc) is 3.23. The number of phenols is 3. The first-order chi connectivity index (χ1) is 18.3. The van der Waals surface area contributed by atoms with Gasteiger partial charge in [-0.25, -0.2) is 0 Å². The normalized spacial score (nSPS) is 27.3. The monoisotopic (exact) mass is 522 g/mol. The SMILES string of the molecule is CCC(=O)OC1CCC2C3CCc4cc(O)ccc4C3CCC12C.CCCCCCc1ccc(O)cc1O. The van der Waals surface area contributed by atoms with E-state index in [9.17, 15) is 15.0 Å². The Hall–Kier alpha value is -2.69. The van der Waals surface area contributed by atoms with Crippen LogP contribution in [0.15, 0.2) is 36.4 Å². The molecular formula is C33H46O5. The number of hydrogen-bond acceptors (Lipinski definition) is 5. The first-order valence-corrected chi connectivity index (χ1v) is 14.8. The lowest BCUT2D eigenvalue weighted by Crippen LogP contribution is -2.45. The molecule has 3 N–H and O–H groups in total. The molecule has 0 spiro atoms. The summed E-state index contributed by atoms with van der Waals surface area (Å²) in [6.45, 7) is 6.42. The Balaban J connectivity index is 0.000000206. The van der Waals surface area contributed by atoms with E-state index in [1.54, 1.807) is 12.1 Å². The van der Waals surface area contributed by atoms with Gasteiger partial charge in [0.15, 0.2) is 0 Å². The highest BCUT2D eigenvalue weighted by molar-refractivity contribution is 5.69. The standard InChI is InChI=1S/C21H28O3.C12H18O2/c1-3-20(23)24-19-9-8-18-17-6-4-13-12-14(22)5-7-15(13)16(17)10-11-21(18,19)2;1-2-3-4-5-6-10-7-8-11(13)9-12(10)14/h5,7,12,16-19,22H,3-4,6,8-11H2,1-2H3;7-9,13-14H,2-6H2,1H3. The molecule has 5 atom stereocenters. The molecule has 0 aliphatic heterocycles. The van der Waals surface area contributed by atoms with Crippen LogP contribution in [0.4, 0.5) is 0 Å². The highest BCUT2D eigenvalue weighted by Gasteiger charge is 2.56. The first kappa shape index (κ1) is 28.3. The van der Waals surface area contributed by atoms with Crippen molar-refractivity contribution in [3.63, 3.8) is 0 Å². The van der Waals surface area contributed by atoms with Crippen LogP contribution in [0.1, 0.15) is 108 Å². The quantitative estimate of drug-likeness (QED) is 0.255. The van der Waals surface area contributed by atoms with Crippen LogP contribution in [-0.4, -0.2) is 27.4 Å². The third kappa shape index (κ3) is 6.13. The molecule has 0 radical (unpaired) electrons. The Labute approximate surface area is 228 Å². The van der Waals surface area contributed by atoms with E-state index in [2.05, 4.69) is 19.9 Å². The number of rotatable bonds is 7. The fourth-order valence-electron chi connectivity index (χ4n) is 7.46. The highest BCUT2D eigenvalue weighted by atomic mass is 16.5. The second-order valence-corrected chi connectivity index (χ2v) is 11.9. The van der Waals surface area contributed by atoms with Crippen LogP contribution in [-0.2, 0) is 22.4 Å². The number of aryl methyl sites for hydroxylation is 2. The molecule has 2 saturated carbocycles. The van der Waals surface area contributed by atoms with E-state index < -0.39 is 0 Å². The lowest BCUT2D eigenvalue weighted by molar-refractivity contribution is -0.157. The Morgan fingerprint density at radius 1 is 0.947 bits per heavy atom. The maximum Gasteiger partial charge on any atom is 0.305 e. The van der Waals surface area contributed by atoms with Gasteiger partial charge in [0.05, 0.1) is 0 Å². The van der Waals surface area contributed by atoms with Crippen LogP contribution in [0.25, 0.3) is 0 Å². The number of unbranched alkanes of at least 4 members (excludes halogenated alkanes) is 3. The maximum absolute atomic E-state index is 11.8. The molecule has 0 saturated heterocycles. The number of hydrogen-bond donors (Lipinski definition) is 3. The van der Waals surface area contributed by atoms with E-state index >= 15 is 0 Å². The van der Waals surface area contributed by atoms with Crippen molar-refractivity contribution in [2.45, 2.75) is 110 Å². The predicted molar refractivity (Wildman–Crippen MR) is 151 cm³/mol. The van der Waals surface area contributed by atoms with Crippen LogP contribution < -0.4 is 0 Å². The Morgan fingerprint density at radius 2 is 1.71 bits per heavy atom. The van der Waals surface area contributed by atoms with E-state index in [0.29, 0.717) is 29.9 Å². The minimum absolute atomic E-state index is 0.0477. The number of benzene rings is 2. The molecule has 0 bridgehead atoms. The molecule has 2 aromatic rings. The van der Waals surface area contributed by atoms with Gasteiger partial charge in [0.1, 0.15) is 23.4 Å². The highest BCUT2D eigenvalue weighted by Crippen LogP contribution is 2.61. The second-order valence-electron chi connectivity index (χ2n) is 11.9. The summed E-state index contributed by atoms with van der Waals surface area (Å²) < 4.78 is 5.83. The lowest BCUT2D eigenvalue weighted by atomic mass is 9.55. The van der Waals surface area contributed by atoms with E-state index in [1.165, 1.54) is 55.7 Å². The third-order valence-corrected chi connectivity index (χ3v) is 9.55. The van der Waals surface area contributed by atoms with Gasteiger partial charge < -0.3 is 20.1 Å². The Kier molecular flexibility index (Phi) is 9.27. The molecule has 5 rings (SSSR count). The van der Waals surface area contributed by atoms with Crippen molar-refractivity contribution < 1.29 is 24.9 Å². The fourth-order valence-corrected chi connectivity index (χ4v) is 7.46. The number of carbonyl (C=O) groups is 1. The van der Waals surface area contributed by atoms with E-state index in [4.69, 9.17) is 9.84 Å². The average molecular weight is 523 g/mol. The number of carbonyl (C=O) groups excluding carboxylic acids is 1. The zero-order valence-corrected chi connectivity index (χ0v) is 23.4. The van der Waals surface area contributed by atoms with Crippen molar-refractivity contribution in [1.29, 1.82) is 0 Å². The van der Waals surface area contributed by atoms with Gasteiger partial charge in [0, 0.05) is 17.9 Å². The Bertz CT molecular complexity index is 1090. The number of esters is 1. The van der Waals surface area contributed by atoms with Gasteiger partial charge >= 0.3 is 5.97 Å². The van der Waals surface area contributed by atoms with Crippen molar-refractivity contribution >= 4 is 5.97 Å². The van der Waals surface area contributed by atoms with Gasteiger partial charge in [-0.05, 0) is 104 Å². The topological polar surface area (TPSA) is 87.0 Å². The summed E-state index contributed by atoms with van der Waals surface area (Å²) in [7, 11) is 0. The van der Waals surface area contributed by atoms with Crippen LogP contribution in [0.3, 0.4) is 0 Å². The molecule has 3 aliphatic rings. The van der Waals surface area contributed by atoms with Gasteiger partial charge in [-0.3, -0.25) is 4.79 Å². The molecule has 38 heavy (non-hydrogen) atoms. The minimum atomic E-state index is -0.0477. The van der Waals surface area contributed by atoms with Crippen molar-refractivity contribution in [3.05, 3.63) is 53.1 Å². The summed E-state index contributed by atoms with van der Waals surface area (Å²) in [5.74, 6) is 2.65. The smallest absolute Gasteiger partial charge is 0.305 e. The third-order valence-electron chi connectivity index (χ3n) is 9.55. The van der Waals surface area contributed by atoms with Crippen molar-refractivity contribution in [1.82, 2.24) is 0 Å². The maximum atomic E-state index is 11.8. The molecule has 5 unspecified atom stereocenters. The van der Waals surface area contributed by atoms with Crippen molar-refractivity contribution in [2.75, 3.05) is 0 Å². The van der Waals surface area contributed by atoms with Gasteiger partial charge in [0.2, 0.25) is 0 Å². The first-order valence-electron chi connectivity index (χ1n) is 14.8. The van der Waals surface area contributed by atoms with Crippen LogP contribution in [0.5, 0.6) is 17.2 Å². The summed E-state index contributed by atoms with van der Waals surface area (Å²) in [5, 5.41) is 28.3. The molecule has 0 heterocycles. The molecular weight excluding hydrogens is 476 g/mol. The molecule has 3 aliphatic carbocycles. The minimum Gasteiger partial charge on any atom is -0.508 e. The summed E-state index contributed by atoms with van der Waals surface area (Å²) >= 11 is 0. The van der Waals surface area contributed by atoms with E-state index in [1.807, 2.05) is 19.1 Å². The molecule has 5 heteroatoms. The summed E-state index contributed by atoms with van der Waals surface area (Å²) in [6, 6.07) is 10.8. The van der Waals surface area contributed by atoms with Crippen molar-refractivity contribution in [2.24, 2.45) is 17.3 Å².